The summed E-state index contributed by atoms with van der Waals surface area (Å²) in [7, 11) is -3.53. The molecule has 2 saturated heterocycles. The fourth-order valence-electron chi connectivity index (χ4n) is 4.19. The second kappa shape index (κ2) is 9.26. The van der Waals surface area contributed by atoms with Gasteiger partial charge in [-0.05, 0) is 55.4 Å². The molecule has 2 fully saturated rings. The SMILES string of the molecule is C[C@@H]1C[C@H](C)CN(C(=O)COC(=O)c2ccc(S(=O)(=O)N3CCCCC3)cc2)C1. The van der Waals surface area contributed by atoms with E-state index in [1.807, 2.05) is 0 Å². The van der Waals surface area contributed by atoms with E-state index in [0.717, 1.165) is 25.7 Å². The molecule has 2 aliphatic rings. The van der Waals surface area contributed by atoms with Gasteiger partial charge in [-0.3, -0.25) is 4.79 Å². The van der Waals surface area contributed by atoms with Gasteiger partial charge in [-0.1, -0.05) is 20.3 Å². The number of carbonyl (C=O) groups is 2. The molecule has 29 heavy (non-hydrogen) atoms. The third-order valence-corrected chi connectivity index (χ3v) is 7.50. The fraction of sp³-hybridized carbons (Fsp3) is 0.619. The molecule has 2 heterocycles. The van der Waals surface area contributed by atoms with Gasteiger partial charge >= 0.3 is 5.97 Å². The number of amides is 1. The van der Waals surface area contributed by atoms with Crippen molar-refractivity contribution in [2.24, 2.45) is 11.8 Å². The summed E-state index contributed by atoms with van der Waals surface area (Å²) in [6, 6.07) is 5.73. The number of benzene rings is 1. The Morgan fingerprint density at radius 1 is 1.00 bits per heavy atom. The summed E-state index contributed by atoms with van der Waals surface area (Å²) in [4.78, 5) is 26.5. The number of hydrogen-bond donors (Lipinski definition) is 0. The van der Waals surface area contributed by atoms with Crippen molar-refractivity contribution in [3.05, 3.63) is 29.8 Å². The fourth-order valence-corrected chi connectivity index (χ4v) is 5.70. The number of carbonyl (C=O) groups excluding carboxylic acids is 2. The molecule has 160 valence electrons. The second-order valence-corrected chi connectivity index (χ2v) is 10.2. The Kier molecular flexibility index (Phi) is 6.95. The van der Waals surface area contributed by atoms with Gasteiger partial charge in [0.25, 0.3) is 5.91 Å². The van der Waals surface area contributed by atoms with Crippen LogP contribution in [0.15, 0.2) is 29.2 Å². The van der Waals surface area contributed by atoms with E-state index in [1.54, 1.807) is 4.90 Å². The molecule has 0 saturated carbocycles. The lowest BCUT2D eigenvalue weighted by atomic mass is 9.92. The quantitative estimate of drug-likeness (QED) is 0.681. The molecule has 2 atom stereocenters. The van der Waals surface area contributed by atoms with Gasteiger partial charge in [0.05, 0.1) is 10.5 Å². The highest BCUT2D eigenvalue weighted by atomic mass is 32.2. The first-order chi connectivity index (χ1) is 13.8. The number of ether oxygens (including phenoxy) is 1. The molecule has 0 aliphatic carbocycles. The average molecular weight is 423 g/mol. The zero-order valence-corrected chi connectivity index (χ0v) is 18.0. The molecule has 3 rings (SSSR count). The number of piperidine rings is 2. The first-order valence-corrected chi connectivity index (χ1v) is 11.8. The summed E-state index contributed by atoms with van der Waals surface area (Å²) in [5.41, 5.74) is 0.232. The molecule has 7 nitrogen and oxygen atoms in total. The molecule has 1 amide bonds. The van der Waals surface area contributed by atoms with Gasteiger partial charge in [0.2, 0.25) is 10.0 Å². The van der Waals surface area contributed by atoms with Crippen molar-refractivity contribution in [2.75, 3.05) is 32.8 Å². The van der Waals surface area contributed by atoms with Crippen LogP contribution in [0.25, 0.3) is 0 Å². The normalized spacial score (nSPS) is 23.6. The Labute approximate surface area is 173 Å². The largest absolute Gasteiger partial charge is 0.452 e. The Morgan fingerprint density at radius 2 is 1.59 bits per heavy atom. The Hall–Kier alpha value is -1.93. The molecule has 1 aromatic carbocycles. The molecular weight excluding hydrogens is 392 g/mol. The summed E-state index contributed by atoms with van der Waals surface area (Å²) in [6.07, 6.45) is 3.87. The maximum atomic E-state index is 12.7. The molecule has 1 aromatic rings. The lowest BCUT2D eigenvalue weighted by Crippen LogP contribution is -2.44. The second-order valence-electron chi connectivity index (χ2n) is 8.31. The molecule has 2 aliphatic heterocycles. The smallest absolute Gasteiger partial charge is 0.338 e. The topological polar surface area (TPSA) is 84.0 Å². The van der Waals surface area contributed by atoms with Crippen LogP contribution in [-0.2, 0) is 19.6 Å². The van der Waals surface area contributed by atoms with Gasteiger partial charge in [0, 0.05) is 26.2 Å². The number of likely N-dealkylation sites (tertiary alicyclic amines) is 1. The minimum absolute atomic E-state index is 0.170. The maximum Gasteiger partial charge on any atom is 0.338 e. The predicted molar refractivity (Wildman–Crippen MR) is 109 cm³/mol. The zero-order valence-electron chi connectivity index (χ0n) is 17.2. The van der Waals surface area contributed by atoms with E-state index in [-0.39, 0.29) is 23.0 Å². The predicted octanol–water partition coefficient (Wildman–Crippen LogP) is 2.52. The monoisotopic (exact) mass is 422 g/mol. The maximum absolute atomic E-state index is 12.7. The van der Waals surface area contributed by atoms with E-state index in [0.29, 0.717) is 38.0 Å². The summed E-state index contributed by atoms with van der Waals surface area (Å²) >= 11 is 0. The molecular formula is C21H30N2O5S. The Morgan fingerprint density at radius 3 is 2.17 bits per heavy atom. The van der Waals surface area contributed by atoms with Crippen LogP contribution in [0.5, 0.6) is 0 Å². The van der Waals surface area contributed by atoms with Gasteiger partial charge in [-0.25, -0.2) is 13.2 Å². The van der Waals surface area contributed by atoms with Crippen LogP contribution in [0.4, 0.5) is 0 Å². The minimum atomic E-state index is -3.53. The first kappa shape index (κ1) is 21.8. The van der Waals surface area contributed by atoms with Crippen LogP contribution in [0.2, 0.25) is 0 Å². The van der Waals surface area contributed by atoms with Crippen molar-refractivity contribution in [3.63, 3.8) is 0 Å². The van der Waals surface area contributed by atoms with Crippen LogP contribution in [0.3, 0.4) is 0 Å². The van der Waals surface area contributed by atoms with E-state index < -0.39 is 16.0 Å². The Bertz CT molecular complexity index is 821. The lowest BCUT2D eigenvalue weighted by molar-refractivity contribution is -0.137. The number of nitrogens with zero attached hydrogens (tertiary/aromatic N) is 2. The standard InChI is InChI=1S/C21H30N2O5S/c1-16-12-17(2)14-22(13-16)20(24)15-28-21(25)18-6-8-19(9-7-18)29(26,27)23-10-4-3-5-11-23/h6-9,16-17H,3-5,10-15H2,1-2H3/t16-,17+. The zero-order chi connectivity index (χ0) is 21.0. The average Bonchev–Trinajstić information content (AvgIpc) is 2.71. The highest BCUT2D eigenvalue weighted by Crippen LogP contribution is 2.22. The molecule has 0 N–H and O–H groups in total. The van der Waals surface area contributed by atoms with Gasteiger partial charge in [0.15, 0.2) is 6.61 Å². The van der Waals surface area contributed by atoms with Crippen LogP contribution < -0.4 is 0 Å². The third kappa shape index (κ3) is 5.36. The van der Waals surface area contributed by atoms with Crippen molar-refractivity contribution in [1.82, 2.24) is 9.21 Å². The van der Waals surface area contributed by atoms with Crippen molar-refractivity contribution in [3.8, 4) is 0 Å². The van der Waals surface area contributed by atoms with Gasteiger partial charge < -0.3 is 9.64 Å². The van der Waals surface area contributed by atoms with E-state index in [1.165, 1.54) is 28.6 Å². The first-order valence-electron chi connectivity index (χ1n) is 10.3. The highest BCUT2D eigenvalue weighted by Gasteiger charge is 2.27. The van der Waals surface area contributed by atoms with Crippen LogP contribution in [0, 0.1) is 11.8 Å². The molecule has 8 heteroatoms. The number of rotatable bonds is 5. The van der Waals surface area contributed by atoms with E-state index in [9.17, 15) is 18.0 Å². The van der Waals surface area contributed by atoms with Crippen LogP contribution >= 0.6 is 0 Å². The van der Waals surface area contributed by atoms with Gasteiger partial charge in [-0.2, -0.15) is 4.31 Å². The molecule has 0 aromatic heterocycles. The van der Waals surface area contributed by atoms with Crippen molar-refractivity contribution >= 4 is 21.9 Å². The van der Waals surface area contributed by atoms with E-state index in [2.05, 4.69) is 13.8 Å². The van der Waals surface area contributed by atoms with Crippen LogP contribution in [-0.4, -0.2) is 62.3 Å². The molecule has 0 spiro atoms. The molecule has 0 bridgehead atoms. The van der Waals surface area contributed by atoms with E-state index >= 15 is 0 Å². The summed E-state index contributed by atoms with van der Waals surface area (Å²) in [5, 5.41) is 0. The van der Waals surface area contributed by atoms with Crippen molar-refractivity contribution in [1.29, 1.82) is 0 Å². The molecule has 0 unspecified atom stereocenters. The number of esters is 1. The van der Waals surface area contributed by atoms with Crippen LogP contribution in [0.1, 0.15) is 49.9 Å². The van der Waals surface area contributed by atoms with Gasteiger partial charge in [0.1, 0.15) is 0 Å². The number of hydrogen-bond acceptors (Lipinski definition) is 5. The van der Waals surface area contributed by atoms with E-state index in [4.69, 9.17) is 4.74 Å². The molecule has 0 radical (unpaired) electrons. The summed E-state index contributed by atoms with van der Waals surface area (Å²) in [5.74, 6) is 0.0556. The third-order valence-electron chi connectivity index (χ3n) is 5.59. The van der Waals surface area contributed by atoms with Gasteiger partial charge in [-0.15, -0.1) is 0 Å². The Balaban J connectivity index is 1.57. The number of sulfonamides is 1. The lowest BCUT2D eigenvalue weighted by Gasteiger charge is -2.34. The summed E-state index contributed by atoms with van der Waals surface area (Å²) < 4.78 is 32.0. The van der Waals surface area contributed by atoms with Crippen molar-refractivity contribution < 1.29 is 22.7 Å². The minimum Gasteiger partial charge on any atom is -0.452 e. The highest BCUT2D eigenvalue weighted by molar-refractivity contribution is 7.89. The van der Waals surface area contributed by atoms with Crippen molar-refractivity contribution in [2.45, 2.75) is 44.4 Å². The summed E-state index contributed by atoms with van der Waals surface area (Å²) in [6.45, 7) is 6.35.